The van der Waals surface area contributed by atoms with Crippen molar-refractivity contribution in [3.8, 4) is 11.4 Å². The van der Waals surface area contributed by atoms with Crippen LogP contribution >= 0.6 is 23.2 Å². The van der Waals surface area contributed by atoms with Crippen molar-refractivity contribution in [3.63, 3.8) is 0 Å². The van der Waals surface area contributed by atoms with Gasteiger partial charge >= 0.3 is 5.97 Å². The van der Waals surface area contributed by atoms with Crippen molar-refractivity contribution in [1.29, 1.82) is 0 Å². The topological polar surface area (TPSA) is 119 Å². The Kier molecular flexibility index (Phi) is 8.73. The highest BCUT2D eigenvalue weighted by Gasteiger charge is 2.22. The van der Waals surface area contributed by atoms with Gasteiger partial charge in [0.05, 0.1) is 28.0 Å². The Morgan fingerprint density at radius 2 is 1.30 bits per heavy atom. The van der Waals surface area contributed by atoms with Gasteiger partial charge in [-0.1, -0.05) is 23.2 Å². The number of aromatic nitrogens is 6. The van der Waals surface area contributed by atoms with Crippen LogP contribution in [0.4, 0.5) is 26.3 Å². The van der Waals surface area contributed by atoms with E-state index >= 15 is 0 Å². The van der Waals surface area contributed by atoms with Gasteiger partial charge in [0.1, 0.15) is 24.0 Å². The molecule has 37 heavy (non-hydrogen) atoms. The van der Waals surface area contributed by atoms with Crippen LogP contribution in [0.2, 0.25) is 10.0 Å². The molecule has 0 aliphatic carbocycles. The quantitative estimate of drug-likeness (QED) is 0.307. The number of hydrogen-bond acceptors (Lipinski definition) is 6. The number of carboxylic acid groups (broad SMARTS) is 1. The van der Waals surface area contributed by atoms with E-state index in [0.29, 0.717) is 0 Å². The molecule has 2 N–H and O–H groups in total. The fourth-order valence-corrected chi connectivity index (χ4v) is 3.20. The molecule has 0 unspecified atom stereocenters. The second kappa shape index (κ2) is 11.6. The maximum absolute atomic E-state index is 13.6. The highest BCUT2D eigenvalue weighted by Crippen LogP contribution is 2.26. The predicted molar refractivity (Wildman–Crippen MR) is 115 cm³/mol. The molecule has 0 saturated carbocycles. The van der Waals surface area contributed by atoms with Crippen molar-refractivity contribution in [2.24, 2.45) is 0 Å². The van der Waals surface area contributed by atoms with E-state index in [1.54, 1.807) is 0 Å². The molecule has 0 fully saturated rings. The van der Waals surface area contributed by atoms with Crippen molar-refractivity contribution in [2.45, 2.75) is 19.5 Å². The molecular formula is C20H12Cl2F6N6O3. The lowest BCUT2D eigenvalue weighted by molar-refractivity contribution is 0.0691. The minimum atomic E-state index is -2.91. The Hall–Kier alpha value is -3.69. The molecule has 0 amide bonds. The van der Waals surface area contributed by atoms with Crippen LogP contribution in [0.3, 0.4) is 0 Å². The maximum Gasteiger partial charge on any atom is 0.340 e. The molecule has 196 valence electrons. The molecule has 0 bridgehead atoms. The average Bonchev–Trinajstić information content (AvgIpc) is 3.53. The van der Waals surface area contributed by atoms with E-state index in [0.717, 1.165) is 34.2 Å². The number of aliphatic hydroxyl groups excluding tert-OH is 1. The van der Waals surface area contributed by atoms with Crippen LogP contribution in [0, 0.1) is 11.6 Å². The zero-order chi connectivity index (χ0) is 27.4. The normalized spacial score (nSPS) is 11.1. The summed E-state index contributed by atoms with van der Waals surface area (Å²) in [5.41, 5.74) is -1.03. The Balaban J connectivity index is 0.000000206. The van der Waals surface area contributed by atoms with Crippen molar-refractivity contribution in [1.82, 2.24) is 29.5 Å². The largest absolute Gasteiger partial charge is 0.478 e. The molecule has 0 radical (unpaired) electrons. The highest BCUT2D eigenvalue weighted by atomic mass is 35.5. The van der Waals surface area contributed by atoms with E-state index in [1.165, 1.54) is 12.1 Å². The van der Waals surface area contributed by atoms with E-state index in [4.69, 9.17) is 33.4 Å². The van der Waals surface area contributed by atoms with Gasteiger partial charge in [-0.25, -0.2) is 50.5 Å². The number of rotatable bonds is 6. The van der Waals surface area contributed by atoms with E-state index < -0.39 is 59.3 Å². The summed E-state index contributed by atoms with van der Waals surface area (Å²) in [4.78, 5) is 17.7. The summed E-state index contributed by atoms with van der Waals surface area (Å²) in [5.74, 6) is -5.03. The molecule has 9 nitrogen and oxygen atoms in total. The number of carbonyl (C=O) groups is 1. The number of nitrogens with zero attached hydrogens (tertiary/aromatic N) is 6. The summed E-state index contributed by atoms with van der Waals surface area (Å²) < 4.78 is 78.3. The van der Waals surface area contributed by atoms with Gasteiger partial charge in [0.15, 0.2) is 5.82 Å². The summed E-state index contributed by atoms with van der Waals surface area (Å²) in [6, 6.07) is 4.86. The molecular weight excluding hydrogens is 557 g/mol. The molecule has 0 atom stereocenters. The van der Waals surface area contributed by atoms with Gasteiger partial charge in [0.25, 0.3) is 12.9 Å². The second-order valence-corrected chi connectivity index (χ2v) is 7.59. The minimum absolute atomic E-state index is 0.110. The molecule has 17 heteroatoms. The Morgan fingerprint density at radius 1 is 0.838 bits per heavy atom. The van der Waals surface area contributed by atoms with Gasteiger partial charge in [0, 0.05) is 5.56 Å². The lowest BCUT2D eigenvalue weighted by Gasteiger charge is -2.08. The number of benzene rings is 2. The van der Waals surface area contributed by atoms with Crippen LogP contribution in [0.25, 0.3) is 11.4 Å². The molecule has 0 spiro atoms. The molecule has 2 aromatic heterocycles. The fraction of sp³-hybridized carbons (Fsp3) is 0.150. The average molecular weight is 569 g/mol. The first-order chi connectivity index (χ1) is 17.5. The third-order valence-corrected chi connectivity index (χ3v) is 5.10. The fourth-order valence-electron chi connectivity index (χ4n) is 2.87. The highest BCUT2D eigenvalue weighted by molar-refractivity contribution is 6.31. The number of alkyl halides is 4. The van der Waals surface area contributed by atoms with E-state index in [2.05, 4.69) is 20.2 Å². The molecule has 0 saturated heterocycles. The van der Waals surface area contributed by atoms with Crippen molar-refractivity contribution in [2.75, 3.05) is 0 Å². The Bertz CT molecular complexity index is 1430. The molecule has 2 aromatic carbocycles. The molecule has 0 aliphatic rings. The van der Waals surface area contributed by atoms with Crippen LogP contribution in [-0.2, 0) is 6.61 Å². The van der Waals surface area contributed by atoms with Gasteiger partial charge in [-0.05, 0) is 24.3 Å². The Labute approximate surface area is 212 Å². The van der Waals surface area contributed by atoms with Gasteiger partial charge in [-0.2, -0.15) is 0 Å². The van der Waals surface area contributed by atoms with Gasteiger partial charge in [0.2, 0.25) is 11.6 Å². The first-order valence-corrected chi connectivity index (χ1v) is 10.4. The number of carboxylic acids is 1. The SMILES string of the molecule is O=C(O)c1c(-n2cnc(C(F)F)n2)ccc(Cl)c1F.OCc1c(-n2cnc(C(F)F)n2)ccc(Cl)c1F. The second-order valence-electron chi connectivity index (χ2n) is 6.77. The van der Waals surface area contributed by atoms with Gasteiger partial charge in [-0.15, -0.1) is 10.2 Å². The molecule has 0 aliphatic heterocycles. The van der Waals surface area contributed by atoms with Gasteiger partial charge in [-0.3, -0.25) is 0 Å². The number of aromatic carboxylic acids is 1. The zero-order valence-electron chi connectivity index (χ0n) is 17.8. The lowest BCUT2D eigenvalue weighted by atomic mass is 10.1. The zero-order valence-corrected chi connectivity index (χ0v) is 19.3. The number of halogens is 8. The molecule has 2 heterocycles. The first-order valence-electron chi connectivity index (χ1n) is 9.65. The predicted octanol–water partition coefficient (Wildman–Crippen LogP) is 5.19. The summed E-state index contributed by atoms with van der Waals surface area (Å²) in [5, 5.41) is 24.3. The summed E-state index contributed by atoms with van der Waals surface area (Å²) in [6.45, 7) is -0.633. The van der Waals surface area contributed by atoms with Gasteiger partial charge < -0.3 is 10.2 Å². The van der Waals surface area contributed by atoms with Crippen LogP contribution in [-0.4, -0.2) is 45.7 Å². The monoisotopic (exact) mass is 568 g/mol. The van der Waals surface area contributed by atoms with Crippen LogP contribution in [0.5, 0.6) is 0 Å². The van der Waals surface area contributed by atoms with Crippen molar-refractivity contribution >= 4 is 29.2 Å². The van der Waals surface area contributed by atoms with E-state index in [1.807, 2.05) is 0 Å². The van der Waals surface area contributed by atoms with Crippen LogP contribution < -0.4 is 0 Å². The van der Waals surface area contributed by atoms with E-state index in [-0.39, 0.29) is 22.0 Å². The standard InChI is InChI=1S/C10H5ClF3N3O2.C10H7ClF3N3O/c11-4-1-2-5(6(7(4)12)10(18)19)17-3-15-9(16-17)8(13)14;11-6-1-2-7(5(3-18)8(6)12)17-4-15-10(16-17)9(13)14/h1-3,8H,(H,18,19);1-2,4,9,18H,3H2. The maximum atomic E-state index is 13.6. The molecule has 4 rings (SSSR count). The van der Waals surface area contributed by atoms with Crippen LogP contribution in [0.15, 0.2) is 36.9 Å². The lowest BCUT2D eigenvalue weighted by Crippen LogP contribution is -2.09. The van der Waals surface area contributed by atoms with Crippen molar-refractivity contribution in [3.05, 3.63) is 81.4 Å². The van der Waals surface area contributed by atoms with Crippen molar-refractivity contribution < 1.29 is 41.4 Å². The van der Waals surface area contributed by atoms with Crippen LogP contribution in [0.1, 0.15) is 40.4 Å². The number of aliphatic hydroxyl groups is 1. The summed E-state index contributed by atoms with van der Waals surface area (Å²) in [6.07, 6.45) is -3.84. The third-order valence-electron chi connectivity index (χ3n) is 4.52. The smallest absolute Gasteiger partial charge is 0.340 e. The van der Waals surface area contributed by atoms with E-state index in [9.17, 15) is 31.1 Å². The number of hydrogen-bond donors (Lipinski definition) is 2. The minimum Gasteiger partial charge on any atom is -0.478 e. The summed E-state index contributed by atoms with van der Waals surface area (Å²) >= 11 is 11.0. The first kappa shape index (κ1) is 27.9. The molecule has 4 aromatic rings. The third kappa shape index (κ3) is 6.00. The Morgan fingerprint density at radius 3 is 1.73 bits per heavy atom. The summed E-state index contributed by atoms with van der Waals surface area (Å²) in [7, 11) is 0.